The molecule has 2 aromatic heterocycles. The normalized spacial score (nSPS) is 20.4. The van der Waals surface area contributed by atoms with Gasteiger partial charge in [0, 0.05) is 43.5 Å². The molecule has 3 heterocycles. The molecule has 11 N–H and O–H groups in total. The number of hydrogen-bond donors (Lipinski definition) is 10. The number of phosphoric ester groups is 3. The summed E-state index contributed by atoms with van der Waals surface area (Å²) in [6, 6.07) is 0. The number of carboxylic acid groups (broad SMARTS) is 1. The largest absolute Gasteiger partial charge is 0.481 e. The number of imidazole rings is 1. The van der Waals surface area contributed by atoms with Gasteiger partial charge in [-0.2, -0.15) is 4.31 Å². The zero-order chi connectivity index (χ0) is 48.4. The summed E-state index contributed by atoms with van der Waals surface area (Å²) >= 11 is 1.08. The molecule has 2 aromatic rings. The van der Waals surface area contributed by atoms with E-state index in [-0.39, 0.29) is 48.0 Å². The Hall–Kier alpha value is -3.23. The van der Waals surface area contributed by atoms with Gasteiger partial charge in [0.25, 0.3) is 0 Å². The van der Waals surface area contributed by atoms with Gasteiger partial charge < -0.3 is 56.0 Å². The topological polar surface area (TPSA) is 401 Å². The number of aromatic nitrogens is 4. The number of unbranched alkanes of at least 4 members (excludes halogenated alkanes) is 6. The van der Waals surface area contributed by atoms with Gasteiger partial charge in [-0.25, -0.2) is 28.6 Å². The second-order valence-corrected chi connectivity index (χ2v) is 20.7. The Bertz CT molecular complexity index is 2070. The molecule has 1 fully saturated rings. The Morgan fingerprint density at radius 1 is 0.923 bits per heavy atom. The number of nitrogens with zero attached hydrogens (tertiary/aromatic N) is 4. The van der Waals surface area contributed by atoms with Crippen molar-refractivity contribution in [3.8, 4) is 0 Å². The molecule has 3 rings (SSSR count). The summed E-state index contributed by atoms with van der Waals surface area (Å²) in [4.78, 5) is 98.6. The number of amides is 2. The molecule has 0 aromatic carbocycles. The number of fused-ring (bicyclic) bond motifs is 1. The standard InChI is InChI=1S/C35H58N7O19P3S/c1-35(2,30(48)33(49)38-16-15-24(43)37-17-18-65-26(46)14-12-10-8-6-4-3-5-7-9-11-13-25(44)45)20-58-64(55,56)61-63(53,54)57-19-23-29(60-62(50,51)52)28(47)34(59-23)42-22-41-27-31(36)39-21-40-32(27)42/h8,10,21-23,28-30,34,47-48H,3-7,9,11-20H2,1-2H3,(H,37,43)(H,38,49)(H,44,45)(H,53,54)(H,55,56)(H2,36,39,40)(H2,50,51,52)/b10-8+. The van der Waals surface area contributed by atoms with E-state index in [4.69, 9.17) is 24.6 Å². The molecule has 26 nitrogen and oxygen atoms in total. The lowest BCUT2D eigenvalue weighted by Gasteiger charge is -2.30. The third-order valence-electron chi connectivity index (χ3n) is 9.46. The van der Waals surface area contributed by atoms with Crippen LogP contribution in [0, 0.1) is 5.41 Å². The summed E-state index contributed by atoms with van der Waals surface area (Å²) in [6.07, 6.45) is 4.91. The number of aliphatic carboxylic acids is 1. The molecule has 1 saturated heterocycles. The Morgan fingerprint density at radius 2 is 1.58 bits per heavy atom. The van der Waals surface area contributed by atoms with Crippen molar-refractivity contribution < 1.29 is 90.4 Å². The van der Waals surface area contributed by atoms with E-state index >= 15 is 0 Å². The third kappa shape index (κ3) is 20.3. The lowest BCUT2D eigenvalue weighted by Crippen LogP contribution is -2.46. The number of nitrogens with one attached hydrogen (secondary N) is 2. The first-order chi connectivity index (χ1) is 30.4. The first kappa shape index (κ1) is 56.1. The summed E-state index contributed by atoms with van der Waals surface area (Å²) in [7, 11) is -16.4. The number of nitrogens with two attached hydrogens (primary N) is 1. The van der Waals surface area contributed by atoms with Gasteiger partial charge in [0.2, 0.25) is 11.8 Å². The Balaban J connectivity index is 1.34. The maximum Gasteiger partial charge on any atom is 0.481 e. The van der Waals surface area contributed by atoms with Crippen LogP contribution in [0.3, 0.4) is 0 Å². The molecule has 0 saturated carbocycles. The van der Waals surface area contributed by atoms with Crippen molar-refractivity contribution in [3.63, 3.8) is 0 Å². The van der Waals surface area contributed by atoms with Crippen LogP contribution in [0.25, 0.3) is 11.2 Å². The van der Waals surface area contributed by atoms with E-state index in [1.807, 2.05) is 12.2 Å². The molecule has 7 atom stereocenters. The molecule has 30 heteroatoms. The van der Waals surface area contributed by atoms with Crippen LogP contribution in [0.5, 0.6) is 0 Å². The second kappa shape index (κ2) is 26.3. The van der Waals surface area contributed by atoms with Gasteiger partial charge in [0.1, 0.15) is 36.3 Å². The summed E-state index contributed by atoms with van der Waals surface area (Å²) in [5, 5.41) is 35.1. The molecule has 0 aliphatic carbocycles. The second-order valence-electron chi connectivity index (χ2n) is 15.4. The number of hydrogen-bond acceptors (Lipinski definition) is 19. The minimum Gasteiger partial charge on any atom is -0.481 e. The number of nitrogen functional groups attached to an aromatic ring is 1. The number of aliphatic hydroxyl groups excluding tert-OH is 2. The summed E-state index contributed by atoms with van der Waals surface area (Å²) < 4.78 is 62.3. The molecule has 65 heavy (non-hydrogen) atoms. The number of rotatable bonds is 31. The molecule has 0 spiro atoms. The summed E-state index contributed by atoms with van der Waals surface area (Å²) in [5.74, 6) is -1.91. The van der Waals surface area contributed by atoms with Crippen LogP contribution in [0.4, 0.5) is 5.82 Å². The average molecular weight is 1010 g/mol. The number of carbonyl (C=O) groups excluding carboxylic acids is 3. The van der Waals surface area contributed by atoms with E-state index in [0.717, 1.165) is 67.5 Å². The smallest absolute Gasteiger partial charge is 0.481 e. The zero-order valence-electron chi connectivity index (χ0n) is 35.7. The van der Waals surface area contributed by atoms with Crippen molar-refractivity contribution >= 4 is 75.1 Å². The van der Waals surface area contributed by atoms with Crippen molar-refractivity contribution in [2.45, 2.75) is 115 Å². The molecule has 368 valence electrons. The van der Waals surface area contributed by atoms with Gasteiger partial charge in [-0.1, -0.05) is 63.4 Å². The minimum absolute atomic E-state index is 0.0257. The fraction of sp³-hybridized carbons (Fsp3) is 0.686. The highest BCUT2D eigenvalue weighted by Gasteiger charge is 2.50. The number of aliphatic hydroxyl groups is 2. The molecular weight excluding hydrogens is 947 g/mol. The Labute approximate surface area is 377 Å². The van der Waals surface area contributed by atoms with Crippen LogP contribution in [-0.4, -0.2) is 134 Å². The zero-order valence-corrected chi connectivity index (χ0v) is 39.2. The van der Waals surface area contributed by atoms with Gasteiger partial charge in [-0.3, -0.25) is 37.3 Å². The molecule has 0 radical (unpaired) electrons. The van der Waals surface area contributed by atoms with Crippen LogP contribution in [0.1, 0.15) is 90.7 Å². The predicted molar refractivity (Wildman–Crippen MR) is 230 cm³/mol. The van der Waals surface area contributed by atoms with Crippen LogP contribution < -0.4 is 16.4 Å². The highest BCUT2D eigenvalue weighted by Crippen LogP contribution is 2.61. The fourth-order valence-electron chi connectivity index (χ4n) is 6.05. The number of allylic oxidation sites excluding steroid dienone is 2. The number of carboxylic acids is 1. The molecule has 1 aliphatic heterocycles. The van der Waals surface area contributed by atoms with E-state index in [9.17, 15) is 62.7 Å². The van der Waals surface area contributed by atoms with Gasteiger partial charge in [0.05, 0.1) is 19.5 Å². The lowest BCUT2D eigenvalue weighted by molar-refractivity contribution is -0.137. The van der Waals surface area contributed by atoms with Crippen LogP contribution in [0.2, 0.25) is 0 Å². The summed E-state index contributed by atoms with van der Waals surface area (Å²) in [6.45, 7) is 0.445. The Morgan fingerprint density at radius 3 is 2.28 bits per heavy atom. The van der Waals surface area contributed by atoms with Gasteiger partial charge in [-0.15, -0.1) is 0 Å². The van der Waals surface area contributed by atoms with Crippen LogP contribution in [-0.2, 0) is 55.5 Å². The highest BCUT2D eigenvalue weighted by molar-refractivity contribution is 8.13. The van der Waals surface area contributed by atoms with E-state index in [0.29, 0.717) is 25.0 Å². The van der Waals surface area contributed by atoms with E-state index < -0.39 is 90.5 Å². The van der Waals surface area contributed by atoms with Crippen molar-refractivity contribution in [2.75, 3.05) is 37.8 Å². The van der Waals surface area contributed by atoms with Crippen molar-refractivity contribution in [3.05, 3.63) is 24.8 Å². The average Bonchev–Trinajstić information content (AvgIpc) is 3.77. The SMILES string of the molecule is CC(C)(COP(=O)(O)OP(=O)(O)OCC1OC(n2cnc3c(N)ncnc32)C(O)C1OP(=O)(O)O)C(O)C(=O)NCCC(=O)NCCSC(=O)CC/C=C/CCCCCCCCC(=O)O. The summed E-state index contributed by atoms with van der Waals surface area (Å²) in [5.41, 5.74) is 4.25. The predicted octanol–water partition coefficient (Wildman–Crippen LogP) is 2.21. The number of carbonyl (C=O) groups is 4. The Kier molecular flexibility index (Phi) is 22.7. The molecule has 2 amide bonds. The minimum atomic E-state index is -5.58. The quantitative estimate of drug-likeness (QED) is 0.0294. The van der Waals surface area contributed by atoms with E-state index in [1.165, 1.54) is 13.8 Å². The first-order valence-corrected chi connectivity index (χ1v) is 25.8. The van der Waals surface area contributed by atoms with Gasteiger partial charge in [-0.05, 0) is 25.7 Å². The number of ether oxygens (including phenoxy) is 1. The third-order valence-corrected chi connectivity index (χ3v) is 13.5. The first-order valence-electron chi connectivity index (χ1n) is 20.3. The number of thioether (sulfide) groups is 1. The van der Waals surface area contributed by atoms with Crippen LogP contribution in [0.15, 0.2) is 24.8 Å². The molecule has 0 bridgehead atoms. The maximum atomic E-state index is 12.7. The van der Waals surface area contributed by atoms with Crippen molar-refractivity contribution in [1.82, 2.24) is 30.2 Å². The number of phosphoric acid groups is 3. The monoisotopic (exact) mass is 1010 g/mol. The maximum absolute atomic E-state index is 12.7. The lowest BCUT2D eigenvalue weighted by atomic mass is 9.87. The number of anilines is 1. The molecule has 1 aliphatic rings. The fourth-order valence-corrected chi connectivity index (χ4v) is 9.57. The molecular formula is C35H58N7O19P3S. The van der Waals surface area contributed by atoms with Gasteiger partial charge in [0.15, 0.2) is 22.8 Å². The van der Waals surface area contributed by atoms with Crippen molar-refractivity contribution in [2.24, 2.45) is 5.41 Å². The molecule has 7 unspecified atom stereocenters. The highest BCUT2D eigenvalue weighted by atomic mass is 32.2. The van der Waals surface area contributed by atoms with E-state index in [2.05, 4.69) is 34.4 Å². The van der Waals surface area contributed by atoms with E-state index in [1.54, 1.807) is 0 Å². The van der Waals surface area contributed by atoms with Gasteiger partial charge >= 0.3 is 29.4 Å². The van der Waals surface area contributed by atoms with Crippen LogP contribution >= 0.6 is 35.2 Å². The van der Waals surface area contributed by atoms with Crippen molar-refractivity contribution in [1.29, 1.82) is 0 Å².